The predicted molar refractivity (Wildman–Crippen MR) is 64.1 cm³/mol. The van der Waals surface area contributed by atoms with Gasteiger partial charge in [0.1, 0.15) is 5.75 Å². The summed E-state index contributed by atoms with van der Waals surface area (Å²) in [7, 11) is 0. The summed E-state index contributed by atoms with van der Waals surface area (Å²) in [5.74, 6) is 1.18. The number of unbranched alkanes of at least 4 members (excludes halogenated alkanes) is 2. The van der Waals surface area contributed by atoms with Crippen LogP contribution in [0.1, 0.15) is 48.5 Å². The summed E-state index contributed by atoms with van der Waals surface area (Å²) < 4.78 is 5.66. The summed E-state index contributed by atoms with van der Waals surface area (Å²) in [6, 6.07) is 5.83. The zero-order chi connectivity index (χ0) is 11.4. The number of carbonyl (C=O) groups excluding carboxylic acids is 1. The monoisotopic (exact) mass is 218 g/mol. The van der Waals surface area contributed by atoms with Crippen LogP contribution in [0, 0.1) is 0 Å². The Labute approximate surface area is 96.6 Å². The minimum atomic E-state index is 0.271. The van der Waals surface area contributed by atoms with Gasteiger partial charge >= 0.3 is 0 Å². The third-order valence-corrected chi connectivity index (χ3v) is 3.02. The van der Waals surface area contributed by atoms with E-state index in [2.05, 4.69) is 6.92 Å². The van der Waals surface area contributed by atoms with Gasteiger partial charge < -0.3 is 4.74 Å². The molecule has 0 radical (unpaired) electrons. The Morgan fingerprint density at radius 3 is 2.94 bits per heavy atom. The highest BCUT2D eigenvalue weighted by Gasteiger charge is 2.19. The third-order valence-electron chi connectivity index (χ3n) is 3.02. The molecule has 0 saturated carbocycles. The van der Waals surface area contributed by atoms with Crippen LogP contribution in [0.25, 0.3) is 0 Å². The lowest BCUT2D eigenvalue weighted by Crippen LogP contribution is -1.98. The van der Waals surface area contributed by atoms with Crippen LogP contribution in [0.3, 0.4) is 0 Å². The van der Waals surface area contributed by atoms with E-state index in [1.807, 2.05) is 18.2 Å². The molecule has 2 heteroatoms. The van der Waals surface area contributed by atoms with Crippen LogP contribution in [0.2, 0.25) is 0 Å². The normalized spacial score (nSPS) is 13.9. The zero-order valence-electron chi connectivity index (χ0n) is 9.79. The van der Waals surface area contributed by atoms with Gasteiger partial charge in [0, 0.05) is 12.0 Å². The molecule has 2 nitrogen and oxygen atoms in total. The van der Waals surface area contributed by atoms with Gasteiger partial charge in [0.2, 0.25) is 0 Å². The largest absolute Gasteiger partial charge is 0.494 e. The molecule has 1 aliphatic rings. The van der Waals surface area contributed by atoms with E-state index in [4.69, 9.17) is 4.74 Å². The lowest BCUT2D eigenvalue weighted by Gasteiger charge is -2.07. The van der Waals surface area contributed by atoms with Gasteiger partial charge in [-0.15, -0.1) is 0 Å². The van der Waals surface area contributed by atoms with E-state index in [-0.39, 0.29) is 5.78 Å². The summed E-state index contributed by atoms with van der Waals surface area (Å²) in [5, 5.41) is 0. The lowest BCUT2D eigenvalue weighted by atomic mass is 10.1. The number of ketones is 1. The average Bonchev–Trinajstić information content (AvgIpc) is 2.66. The molecular formula is C14H18O2. The van der Waals surface area contributed by atoms with Crippen LogP contribution in [-0.4, -0.2) is 12.4 Å². The summed E-state index contributed by atoms with van der Waals surface area (Å²) in [5.41, 5.74) is 2.04. The number of ether oxygens (including phenoxy) is 1. The summed E-state index contributed by atoms with van der Waals surface area (Å²) in [6.07, 6.45) is 5.06. The average molecular weight is 218 g/mol. The maximum Gasteiger partial charge on any atom is 0.163 e. The van der Waals surface area contributed by atoms with Crippen molar-refractivity contribution in [3.8, 4) is 5.75 Å². The molecule has 0 aliphatic heterocycles. The van der Waals surface area contributed by atoms with Gasteiger partial charge in [-0.25, -0.2) is 0 Å². The van der Waals surface area contributed by atoms with Crippen molar-refractivity contribution in [1.82, 2.24) is 0 Å². The molecule has 0 heterocycles. The van der Waals surface area contributed by atoms with Gasteiger partial charge in [0.25, 0.3) is 0 Å². The van der Waals surface area contributed by atoms with Crippen LogP contribution in [0.15, 0.2) is 18.2 Å². The fourth-order valence-electron chi connectivity index (χ4n) is 2.06. The Morgan fingerprint density at radius 2 is 2.12 bits per heavy atom. The number of carbonyl (C=O) groups is 1. The van der Waals surface area contributed by atoms with E-state index in [0.717, 1.165) is 36.3 Å². The molecule has 1 aromatic rings. The molecule has 1 aromatic carbocycles. The second-order valence-electron chi connectivity index (χ2n) is 4.30. The second-order valence-corrected chi connectivity index (χ2v) is 4.30. The minimum Gasteiger partial charge on any atom is -0.494 e. The number of Topliss-reactive ketones (excluding diaryl/α,β-unsaturated/α-hetero) is 1. The first-order valence-electron chi connectivity index (χ1n) is 6.10. The van der Waals surface area contributed by atoms with Crippen LogP contribution in [0.4, 0.5) is 0 Å². The molecule has 0 N–H and O–H groups in total. The maximum atomic E-state index is 11.4. The number of hydrogen-bond donors (Lipinski definition) is 0. The Morgan fingerprint density at radius 1 is 1.25 bits per heavy atom. The van der Waals surface area contributed by atoms with Crippen molar-refractivity contribution < 1.29 is 9.53 Å². The van der Waals surface area contributed by atoms with E-state index >= 15 is 0 Å². The summed E-state index contributed by atoms with van der Waals surface area (Å²) >= 11 is 0. The molecule has 16 heavy (non-hydrogen) atoms. The van der Waals surface area contributed by atoms with E-state index in [0.29, 0.717) is 6.42 Å². The van der Waals surface area contributed by atoms with E-state index in [1.165, 1.54) is 12.8 Å². The second kappa shape index (κ2) is 5.15. The first kappa shape index (κ1) is 11.2. The highest BCUT2D eigenvalue weighted by atomic mass is 16.5. The maximum absolute atomic E-state index is 11.4. The molecule has 0 bridgehead atoms. The quantitative estimate of drug-likeness (QED) is 0.708. The zero-order valence-corrected chi connectivity index (χ0v) is 9.79. The van der Waals surface area contributed by atoms with Crippen LogP contribution in [0.5, 0.6) is 5.75 Å². The molecule has 0 unspecified atom stereocenters. The van der Waals surface area contributed by atoms with Crippen molar-refractivity contribution >= 4 is 5.78 Å². The molecule has 2 rings (SSSR count). The lowest BCUT2D eigenvalue weighted by molar-refractivity contribution is 0.0994. The highest BCUT2D eigenvalue weighted by molar-refractivity contribution is 6.00. The number of hydrogen-bond acceptors (Lipinski definition) is 2. The van der Waals surface area contributed by atoms with Gasteiger partial charge in [-0.05, 0) is 36.6 Å². The molecular weight excluding hydrogens is 200 g/mol. The summed E-state index contributed by atoms with van der Waals surface area (Å²) in [6.45, 7) is 2.96. The van der Waals surface area contributed by atoms with Crippen LogP contribution < -0.4 is 4.74 Å². The van der Waals surface area contributed by atoms with Gasteiger partial charge in [0.05, 0.1) is 6.61 Å². The topological polar surface area (TPSA) is 26.3 Å². The van der Waals surface area contributed by atoms with Crippen molar-refractivity contribution in [1.29, 1.82) is 0 Å². The molecule has 0 atom stereocenters. The van der Waals surface area contributed by atoms with Crippen molar-refractivity contribution in [3.05, 3.63) is 29.3 Å². The molecule has 1 aliphatic carbocycles. The fourth-order valence-corrected chi connectivity index (χ4v) is 2.06. The highest BCUT2D eigenvalue weighted by Crippen LogP contribution is 2.26. The van der Waals surface area contributed by atoms with Crippen LogP contribution >= 0.6 is 0 Å². The number of rotatable bonds is 5. The molecule has 0 spiro atoms. The molecule has 86 valence electrons. The number of aryl methyl sites for hydroxylation is 1. The minimum absolute atomic E-state index is 0.271. The van der Waals surface area contributed by atoms with Gasteiger partial charge in [0.15, 0.2) is 5.78 Å². The molecule has 0 aromatic heterocycles. The number of benzene rings is 1. The van der Waals surface area contributed by atoms with Gasteiger partial charge in [-0.3, -0.25) is 4.79 Å². The van der Waals surface area contributed by atoms with E-state index in [1.54, 1.807) is 0 Å². The summed E-state index contributed by atoms with van der Waals surface area (Å²) in [4.78, 5) is 11.4. The predicted octanol–water partition coefficient (Wildman–Crippen LogP) is 3.38. The van der Waals surface area contributed by atoms with Gasteiger partial charge in [-0.2, -0.15) is 0 Å². The molecule has 0 amide bonds. The SMILES string of the molecule is CCCCCOc1ccc2c(c1)CCC2=O. The first-order chi connectivity index (χ1) is 7.81. The standard InChI is InChI=1S/C14H18O2/c1-2-3-4-9-16-12-6-7-13-11(10-12)5-8-14(13)15/h6-7,10H,2-5,8-9H2,1H3. The fraction of sp³-hybridized carbons (Fsp3) is 0.500. The third kappa shape index (κ3) is 2.43. The smallest absolute Gasteiger partial charge is 0.163 e. The molecule has 0 fully saturated rings. The molecule has 0 saturated heterocycles. The van der Waals surface area contributed by atoms with Crippen molar-refractivity contribution in [2.45, 2.75) is 39.0 Å². The number of fused-ring (bicyclic) bond motifs is 1. The van der Waals surface area contributed by atoms with Crippen molar-refractivity contribution in [2.24, 2.45) is 0 Å². The van der Waals surface area contributed by atoms with Crippen molar-refractivity contribution in [3.63, 3.8) is 0 Å². The Kier molecular flexibility index (Phi) is 3.60. The van der Waals surface area contributed by atoms with E-state index in [9.17, 15) is 4.79 Å². The Hall–Kier alpha value is -1.31. The van der Waals surface area contributed by atoms with Gasteiger partial charge in [-0.1, -0.05) is 19.8 Å². The Balaban J connectivity index is 1.94. The Bertz CT molecular complexity index is 382. The van der Waals surface area contributed by atoms with Crippen molar-refractivity contribution in [2.75, 3.05) is 6.61 Å². The van der Waals surface area contributed by atoms with Crippen LogP contribution in [-0.2, 0) is 6.42 Å². The van der Waals surface area contributed by atoms with E-state index < -0.39 is 0 Å². The first-order valence-corrected chi connectivity index (χ1v) is 6.10.